The van der Waals surface area contributed by atoms with E-state index in [0.717, 1.165) is 44.2 Å². The molecule has 0 bridgehead atoms. The third-order valence-electron chi connectivity index (χ3n) is 2.55. The van der Waals surface area contributed by atoms with Gasteiger partial charge in [0.05, 0.1) is 18.2 Å². The lowest BCUT2D eigenvalue weighted by Gasteiger charge is -2.13. The molecule has 16 heavy (non-hydrogen) atoms. The molecule has 1 aliphatic rings. The van der Waals surface area contributed by atoms with Crippen LogP contribution < -0.4 is 5.32 Å². The lowest BCUT2D eigenvalue weighted by Crippen LogP contribution is -2.23. The number of ether oxygens (including phenoxy) is 1. The molecule has 3 nitrogen and oxygen atoms in total. The molecule has 2 heterocycles. The fourth-order valence-electron chi connectivity index (χ4n) is 1.71. The molecule has 0 saturated carbocycles. The first-order chi connectivity index (χ1) is 7.84. The van der Waals surface area contributed by atoms with Gasteiger partial charge in [-0.3, -0.25) is 0 Å². The minimum Gasteiger partial charge on any atom is -0.377 e. The summed E-state index contributed by atoms with van der Waals surface area (Å²) >= 11 is 1.78. The molecule has 2 rings (SSSR count). The van der Waals surface area contributed by atoms with E-state index >= 15 is 0 Å². The van der Waals surface area contributed by atoms with Gasteiger partial charge >= 0.3 is 0 Å². The molecule has 0 aromatic carbocycles. The van der Waals surface area contributed by atoms with E-state index in [1.54, 1.807) is 11.3 Å². The van der Waals surface area contributed by atoms with Crippen LogP contribution in [0.15, 0.2) is 17.8 Å². The van der Waals surface area contributed by atoms with E-state index in [9.17, 15) is 0 Å². The van der Waals surface area contributed by atoms with Crippen LogP contribution in [0.5, 0.6) is 0 Å². The summed E-state index contributed by atoms with van der Waals surface area (Å²) in [5, 5.41) is 4.59. The smallest absolute Gasteiger partial charge is 0.0896 e. The Morgan fingerprint density at radius 3 is 3.19 bits per heavy atom. The number of hydrogen-bond donors (Lipinski definition) is 1. The van der Waals surface area contributed by atoms with E-state index in [1.165, 1.54) is 10.5 Å². The first-order valence-corrected chi connectivity index (χ1v) is 6.54. The van der Waals surface area contributed by atoms with Gasteiger partial charge in [0.25, 0.3) is 0 Å². The van der Waals surface area contributed by atoms with E-state index in [1.807, 2.05) is 13.1 Å². The topological polar surface area (TPSA) is 34.2 Å². The van der Waals surface area contributed by atoms with Crippen LogP contribution in [-0.2, 0) is 11.2 Å². The fourth-order valence-corrected chi connectivity index (χ4v) is 2.51. The van der Waals surface area contributed by atoms with E-state index in [2.05, 4.69) is 16.4 Å². The summed E-state index contributed by atoms with van der Waals surface area (Å²) in [6, 6.07) is 0. The molecule has 0 radical (unpaired) electrons. The highest BCUT2D eigenvalue weighted by Gasteiger charge is 2.03. The zero-order valence-corrected chi connectivity index (χ0v) is 10.5. The number of thiazole rings is 1. The first-order valence-electron chi connectivity index (χ1n) is 5.72. The zero-order chi connectivity index (χ0) is 11.2. The molecular weight excluding hydrogens is 220 g/mol. The largest absolute Gasteiger partial charge is 0.377 e. The van der Waals surface area contributed by atoms with Crippen LogP contribution >= 0.6 is 11.3 Å². The van der Waals surface area contributed by atoms with Gasteiger partial charge in [0.2, 0.25) is 0 Å². The SMILES string of the molecule is Cc1ncc(CCNCC2=CCCOC2)s1. The van der Waals surface area contributed by atoms with Crippen molar-refractivity contribution in [3.8, 4) is 0 Å². The van der Waals surface area contributed by atoms with Crippen molar-refractivity contribution in [2.75, 3.05) is 26.3 Å². The molecule has 88 valence electrons. The van der Waals surface area contributed by atoms with Gasteiger partial charge < -0.3 is 10.1 Å². The Morgan fingerprint density at radius 1 is 1.56 bits per heavy atom. The minimum atomic E-state index is 0.798. The molecule has 1 aromatic rings. The second-order valence-electron chi connectivity index (χ2n) is 3.98. The number of aromatic nitrogens is 1. The molecule has 0 saturated heterocycles. The molecule has 1 aromatic heterocycles. The van der Waals surface area contributed by atoms with Crippen molar-refractivity contribution in [3.63, 3.8) is 0 Å². The van der Waals surface area contributed by atoms with Crippen molar-refractivity contribution >= 4 is 11.3 Å². The number of hydrogen-bond acceptors (Lipinski definition) is 4. The van der Waals surface area contributed by atoms with Crippen molar-refractivity contribution in [3.05, 3.63) is 27.7 Å². The summed E-state index contributed by atoms with van der Waals surface area (Å²) in [4.78, 5) is 5.60. The van der Waals surface area contributed by atoms with Crippen molar-refractivity contribution in [1.29, 1.82) is 0 Å². The van der Waals surface area contributed by atoms with Crippen LogP contribution in [0.4, 0.5) is 0 Å². The van der Waals surface area contributed by atoms with Crippen LogP contribution in [0.1, 0.15) is 16.3 Å². The van der Waals surface area contributed by atoms with E-state index in [4.69, 9.17) is 4.74 Å². The number of nitrogens with zero attached hydrogens (tertiary/aromatic N) is 1. The lowest BCUT2D eigenvalue weighted by molar-refractivity contribution is 0.149. The highest BCUT2D eigenvalue weighted by molar-refractivity contribution is 7.11. The van der Waals surface area contributed by atoms with Gasteiger partial charge in [-0.1, -0.05) is 6.08 Å². The molecule has 1 N–H and O–H groups in total. The van der Waals surface area contributed by atoms with Crippen LogP contribution in [0.3, 0.4) is 0 Å². The van der Waals surface area contributed by atoms with Gasteiger partial charge in [0.1, 0.15) is 0 Å². The Bertz CT molecular complexity index is 360. The van der Waals surface area contributed by atoms with E-state index < -0.39 is 0 Å². The van der Waals surface area contributed by atoms with Gasteiger partial charge in [-0.2, -0.15) is 0 Å². The summed E-state index contributed by atoms with van der Waals surface area (Å²) < 4.78 is 5.38. The van der Waals surface area contributed by atoms with Gasteiger partial charge in [-0.25, -0.2) is 4.98 Å². The molecule has 0 unspecified atom stereocenters. The third-order valence-corrected chi connectivity index (χ3v) is 3.52. The van der Waals surface area contributed by atoms with Gasteiger partial charge in [-0.05, 0) is 25.3 Å². The Labute approximate surface area is 101 Å². The number of aryl methyl sites for hydroxylation is 1. The molecule has 0 aliphatic carbocycles. The maximum atomic E-state index is 5.38. The summed E-state index contributed by atoms with van der Waals surface area (Å²) in [6.45, 7) is 5.69. The second kappa shape index (κ2) is 6.13. The molecule has 0 spiro atoms. The average molecular weight is 238 g/mol. The predicted octanol–water partition coefficient (Wildman–Crippen LogP) is 1.93. The maximum absolute atomic E-state index is 5.38. The normalized spacial score (nSPS) is 16.2. The fraction of sp³-hybridized carbons (Fsp3) is 0.583. The Kier molecular flexibility index (Phi) is 4.51. The van der Waals surface area contributed by atoms with Crippen LogP contribution in [0.2, 0.25) is 0 Å². The summed E-state index contributed by atoms with van der Waals surface area (Å²) in [5.41, 5.74) is 1.38. The molecular formula is C12H18N2OS. The quantitative estimate of drug-likeness (QED) is 0.629. The van der Waals surface area contributed by atoms with Crippen LogP contribution in [-0.4, -0.2) is 31.3 Å². The lowest BCUT2D eigenvalue weighted by atomic mass is 10.2. The minimum absolute atomic E-state index is 0.798. The molecule has 0 amide bonds. The molecule has 1 aliphatic heterocycles. The first kappa shape index (κ1) is 11.8. The standard InChI is InChI=1S/C12H18N2OS/c1-10-14-8-12(16-10)4-5-13-7-11-3-2-6-15-9-11/h3,8,13H,2,4-7,9H2,1H3. The highest BCUT2D eigenvalue weighted by atomic mass is 32.1. The van der Waals surface area contributed by atoms with Crippen LogP contribution in [0.25, 0.3) is 0 Å². The highest BCUT2D eigenvalue weighted by Crippen LogP contribution is 2.11. The molecule has 4 heteroatoms. The number of rotatable bonds is 5. The van der Waals surface area contributed by atoms with Crippen LogP contribution in [0, 0.1) is 6.92 Å². The van der Waals surface area contributed by atoms with Gasteiger partial charge in [-0.15, -0.1) is 11.3 Å². The summed E-state index contributed by atoms with van der Waals surface area (Å²) in [5.74, 6) is 0. The number of nitrogens with one attached hydrogen (secondary N) is 1. The van der Waals surface area contributed by atoms with Crippen molar-refractivity contribution in [2.45, 2.75) is 19.8 Å². The Morgan fingerprint density at radius 2 is 2.50 bits per heavy atom. The second-order valence-corrected chi connectivity index (χ2v) is 5.30. The molecule has 0 atom stereocenters. The Hall–Kier alpha value is -0.710. The average Bonchev–Trinajstić information content (AvgIpc) is 2.72. The maximum Gasteiger partial charge on any atom is 0.0896 e. The monoisotopic (exact) mass is 238 g/mol. The van der Waals surface area contributed by atoms with Gasteiger partial charge in [0, 0.05) is 24.2 Å². The predicted molar refractivity (Wildman–Crippen MR) is 66.9 cm³/mol. The van der Waals surface area contributed by atoms with Crippen molar-refractivity contribution in [2.24, 2.45) is 0 Å². The summed E-state index contributed by atoms with van der Waals surface area (Å²) in [6.07, 6.45) is 6.39. The van der Waals surface area contributed by atoms with E-state index in [0.29, 0.717) is 0 Å². The Balaban J connectivity index is 1.63. The van der Waals surface area contributed by atoms with Crippen molar-refractivity contribution in [1.82, 2.24) is 10.3 Å². The summed E-state index contributed by atoms with van der Waals surface area (Å²) in [7, 11) is 0. The zero-order valence-electron chi connectivity index (χ0n) is 9.66. The third kappa shape index (κ3) is 3.70. The molecule has 0 fully saturated rings. The van der Waals surface area contributed by atoms with Crippen molar-refractivity contribution < 1.29 is 4.74 Å². The van der Waals surface area contributed by atoms with Gasteiger partial charge in [0.15, 0.2) is 0 Å². The van der Waals surface area contributed by atoms with E-state index in [-0.39, 0.29) is 0 Å².